The van der Waals surface area contributed by atoms with Crippen molar-refractivity contribution in [3.05, 3.63) is 71.3 Å². The first-order chi connectivity index (χ1) is 20.6. The third-order valence-electron chi connectivity index (χ3n) is 9.23. The molecule has 0 radical (unpaired) electrons. The van der Waals surface area contributed by atoms with Gasteiger partial charge in [0.1, 0.15) is 11.4 Å². The lowest BCUT2D eigenvalue weighted by molar-refractivity contribution is -0.126. The van der Waals surface area contributed by atoms with Crippen molar-refractivity contribution < 1.29 is 23.5 Å². The topological polar surface area (TPSA) is 106 Å². The molecule has 1 unspecified atom stereocenters. The quantitative estimate of drug-likeness (QED) is 0.370. The van der Waals surface area contributed by atoms with E-state index in [0.29, 0.717) is 44.0 Å². The number of carbonyl (C=O) groups is 2. The maximum atomic E-state index is 14.3. The zero-order chi connectivity index (χ0) is 30.5. The highest BCUT2D eigenvalue weighted by Crippen LogP contribution is 2.42. The van der Waals surface area contributed by atoms with Crippen molar-refractivity contribution >= 4 is 28.4 Å². The molecule has 6 rings (SSSR count). The van der Waals surface area contributed by atoms with Gasteiger partial charge < -0.3 is 19.8 Å². The van der Waals surface area contributed by atoms with Gasteiger partial charge in [-0.15, -0.1) is 0 Å². The number of likely N-dealkylation sites (tertiary alicyclic amines) is 1. The van der Waals surface area contributed by atoms with E-state index >= 15 is 0 Å². The van der Waals surface area contributed by atoms with Crippen LogP contribution >= 0.6 is 0 Å². The van der Waals surface area contributed by atoms with Crippen LogP contribution in [0.25, 0.3) is 10.9 Å². The van der Waals surface area contributed by atoms with Crippen LogP contribution in [0, 0.1) is 0 Å². The molecule has 43 heavy (non-hydrogen) atoms. The van der Waals surface area contributed by atoms with Crippen LogP contribution in [0.1, 0.15) is 73.0 Å². The highest BCUT2D eigenvalue weighted by molar-refractivity contribution is 6.06. The first-order valence-corrected chi connectivity index (χ1v) is 14.8. The predicted molar refractivity (Wildman–Crippen MR) is 159 cm³/mol. The average Bonchev–Trinajstić information content (AvgIpc) is 3.33. The third kappa shape index (κ3) is 5.14. The number of nitrogens with one attached hydrogen (secondary N) is 1. The van der Waals surface area contributed by atoms with Gasteiger partial charge in [0.25, 0.3) is 11.8 Å². The first-order valence-electron chi connectivity index (χ1n) is 14.8. The standard InChI is InChI=1S/C32H36F2N6O3/c1-4-28(42)39-13-6-9-21-24(38(3)25-11-10-20(15-27(25)41)19-7-5-8-19)12-14-40(26(21)18-39)31(43)23-16-35-30(32(2,33)34)29-22(23)17-36-37-29/h4,10-11,15-17,19,26,41H,1,5-9,12-14,18H2,2-3H3,(H,36,37). The Kier molecular flexibility index (Phi) is 7.43. The summed E-state index contributed by atoms with van der Waals surface area (Å²) in [6.45, 7) is 5.51. The molecular weight excluding hydrogens is 554 g/mol. The normalized spacial score (nSPS) is 19.6. The Morgan fingerprint density at radius 3 is 2.65 bits per heavy atom. The number of nitrogens with zero attached hydrogens (tertiary/aromatic N) is 5. The number of alkyl halides is 2. The van der Waals surface area contributed by atoms with Crippen molar-refractivity contribution in [2.24, 2.45) is 0 Å². The van der Waals surface area contributed by atoms with Crippen LogP contribution in [0.5, 0.6) is 5.75 Å². The maximum Gasteiger partial charge on any atom is 0.289 e. The molecule has 1 aliphatic carbocycles. The molecule has 2 N–H and O–H groups in total. The Balaban J connectivity index is 1.39. The maximum absolute atomic E-state index is 14.3. The van der Waals surface area contributed by atoms with Gasteiger partial charge in [0.15, 0.2) is 0 Å². The molecule has 0 spiro atoms. The van der Waals surface area contributed by atoms with Gasteiger partial charge in [-0.1, -0.05) is 19.1 Å². The fraction of sp³-hybridized carbons (Fsp3) is 0.438. The van der Waals surface area contributed by atoms with Gasteiger partial charge in [-0.25, -0.2) is 0 Å². The molecule has 9 nitrogen and oxygen atoms in total. The number of aromatic nitrogens is 3. The number of aromatic hydroxyl groups is 1. The van der Waals surface area contributed by atoms with Crippen LogP contribution < -0.4 is 4.90 Å². The van der Waals surface area contributed by atoms with Crippen LogP contribution in [0.2, 0.25) is 0 Å². The Hall–Kier alpha value is -4.28. The molecule has 2 aromatic heterocycles. The number of amides is 2. The van der Waals surface area contributed by atoms with Crippen LogP contribution in [-0.4, -0.2) is 74.6 Å². The summed E-state index contributed by atoms with van der Waals surface area (Å²) in [5, 5.41) is 17.8. The van der Waals surface area contributed by atoms with Crippen molar-refractivity contribution in [1.82, 2.24) is 25.0 Å². The van der Waals surface area contributed by atoms with Gasteiger partial charge in [-0.05, 0) is 60.9 Å². The molecule has 1 saturated heterocycles. The Morgan fingerprint density at radius 1 is 1.19 bits per heavy atom. The first kappa shape index (κ1) is 28.8. The fourth-order valence-corrected chi connectivity index (χ4v) is 6.72. The van der Waals surface area contributed by atoms with Gasteiger partial charge in [0, 0.05) is 57.3 Å². The van der Waals surface area contributed by atoms with E-state index in [9.17, 15) is 23.5 Å². The summed E-state index contributed by atoms with van der Waals surface area (Å²) < 4.78 is 28.5. The summed E-state index contributed by atoms with van der Waals surface area (Å²) in [7, 11) is 1.93. The molecule has 1 saturated carbocycles. The second kappa shape index (κ2) is 11.1. The summed E-state index contributed by atoms with van der Waals surface area (Å²) in [6, 6.07) is 5.44. The van der Waals surface area contributed by atoms with Crippen molar-refractivity contribution in [3.8, 4) is 5.75 Å². The lowest BCUT2D eigenvalue weighted by Gasteiger charge is -2.42. The van der Waals surface area contributed by atoms with Gasteiger partial charge in [0.2, 0.25) is 5.91 Å². The van der Waals surface area contributed by atoms with E-state index in [1.807, 2.05) is 24.1 Å². The Bertz CT molecular complexity index is 1620. The van der Waals surface area contributed by atoms with Crippen molar-refractivity contribution in [3.63, 3.8) is 0 Å². The number of phenolic OH excluding ortho intramolecular Hbond substituents is 1. The highest BCUT2D eigenvalue weighted by atomic mass is 19.3. The van der Waals surface area contributed by atoms with Crippen LogP contribution in [0.4, 0.5) is 14.5 Å². The van der Waals surface area contributed by atoms with E-state index in [0.717, 1.165) is 36.6 Å². The molecule has 1 atom stereocenters. The number of H-pyrrole nitrogens is 1. The summed E-state index contributed by atoms with van der Waals surface area (Å²) in [5.41, 5.74) is 3.57. The molecule has 11 heteroatoms. The summed E-state index contributed by atoms with van der Waals surface area (Å²) in [4.78, 5) is 36.3. The molecule has 2 aliphatic heterocycles. The van der Waals surface area contributed by atoms with E-state index < -0.39 is 17.7 Å². The minimum absolute atomic E-state index is 0.0247. The zero-order valence-corrected chi connectivity index (χ0v) is 24.4. The van der Waals surface area contributed by atoms with E-state index in [1.165, 1.54) is 24.9 Å². The number of fused-ring (bicyclic) bond motifs is 2. The molecule has 3 aliphatic rings. The molecule has 0 bridgehead atoms. The molecule has 1 aromatic carbocycles. The fourth-order valence-electron chi connectivity index (χ4n) is 6.72. The number of aromatic amines is 1. The predicted octanol–water partition coefficient (Wildman–Crippen LogP) is 5.46. The van der Waals surface area contributed by atoms with Crippen LogP contribution in [-0.2, 0) is 10.7 Å². The number of benzene rings is 1. The monoisotopic (exact) mass is 590 g/mol. The van der Waals surface area contributed by atoms with Gasteiger partial charge in [-0.2, -0.15) is 13.9 Å². The van der Waals surface area contributed by atoms with Crippen molar-refractivity contribution in [1.29, 1.82) is 0 Å². The second-order valence-corrected chi connectivity index (χ2v) is 11.8. The lowest BCUT2D eigenvalue weighted by Crippen LogP contribution is -2.51. The molecule has 2 fully saturated rings. The third-order valence-corrected chi connectivity index (χ3v) is 9.23. The highest BCUT2D eigenvalue weighted by Gasteiger charge is 2.39. The number of rotatable bonds is 6. The lowest BCUT2D eigenvalue weighted by atomic mass is 9.80. The molecule has 3 aromatic rings. The number of halogens is 2. The molecular formula is C32H36F2N6O3. The number of pyridine rings is 1. The smallest absolute Gasteiger partial charge is 0.289 e. The Labute approximate surface area is 248 Å². The number of anilines is 1. The molecule has 226 valence electrons. The number of hydrogen-bond donors (Lipinski definition) is 2. The second-order valence-electron chi connectivity index (χ2n) is 11.8. The van der Waals surface area contributed by atoms with Crippen molar-refractivity contribution in [2.75, 3.05) is 31.6 Å². The van der Waals surface area contributed by atoms with Gasteiger partial charge in [-0.3, -0.25) is 19.7 Å². The van der Waals surface area contributed by atoms with Gasteiger partial charge >= 0.3 is 0 Å². The number of carbonyl (C=O) groups excluding carboxylic acids is 2. The zero-order valence-electron chi connectivity index (χ0n) is 24.4. The largest absolute Gasteiger partial charge is 0.506 e. The Morgan fingerprint density at radius 2 is 1.98 bits per heavy atom. The molecule has 2 amide bonds. The van der Waals surface area contributed by atoms with E-state index in [1.54, 1.807) is 9.80 Å². The number of hydrogen-bond acceptors (Lipinski definition) is 6. The average molecular weight is 591 g/mol. The number of phenols is 1. The summed E-state index contributed by atoms with van der Waals surface area (Å²) in [5.74, 6) is -3.09. The van der Waals surface area contributed by atoms with Crippen LogP contribution in [0.3, 0.4) is 0 Å². The minimum Gasteiger partial charge on any atom is -0.506 e. The summed E-state index contributed by atoms with van der Waals surface area (Å²) in [6.07, 6.45) is 9.20. The van der Waals surface area contributed by atoms with E-state index in [2.05, 4.69) is 27.8 Å². The minimum atomic E-state index is -3.22. The van der Waals surface area contributed by atoms with Gasteiger partial charge in [0.05, 0.1) is 29.0 Å². The molecule has 4 heterocycles. The van der Waals surface area contributed by atoms with E-state index in [4.69, 9.17) is 0 Å². The van der Waals surface area contributed by atoms with Crippen LogP contribution in [0.15, 0.2) is 54.5 Å². The van der Waals surface area contributed by atoms with Crippen molar-refractivity contribution in [2.45, 2.75) is 63.3 Å². The summed E-state index contributed by atoms with van der Waals surface area (Å²) >= 11 is 0. The SMILES string of the molecule is C=CC(=O)N1CCCC2=C(N(C)c3ccc(C4CCC4)cc3O)CCN(C(=O)c3cnc(C(C)(F)F)c4[nH]ncc34)C2C1. The van der Waals surface area contributed by atoms with E-state index in [-0.39, 0.29) is 40.6 Å².